The van der Waals surface area contributed by atoms with Crippen molar-refractivity contribution in [1.29, 1.82) is 0 Å². The van der Waals surface area contributed by atoms with E-state index in [0.29, 0.717) is 6.07 Å². The van der Waals surface area contributed by atoms with Crippen LogP contribution in [0.4, 0.5) is 14.5 Å². The molecule has 0 aromatic heterocycles. The number of amides is 1. The van der Waals surface area contributed by atoms with E-state index in [4.69, 9.17) is 0 Å². The van der Waals surface area contributed by atoms with Crippen LogP contribution in [0.2, 0.25) is 0 Å². The molecule has 0 heterocycles. The Morgan fingerprint density at radius 1 is 0.931 bits per heavy atom. The van der Waals surface area contributed by atoms with Crippen LogP contribution >= 0.6 is 0 Å². The largest absolute Gasteiger partial charge is 0.345 e. The van der Waals surface area contributed by atoms with Gasteiger partial charge in [0.1, 0.15) is 16.5 Å². The highest BCUT2D eigenvalue weighted by atomic mass is 32.2. The zero-order valence-electron chi connectivity index (χ0n) is 15.4. The first-order valence-corrected chi connectivity index (χ1v) is 10.2. The minimum Gasteiger partial charge on any atom is -0.345 e. The lowest BCUT2D eigenvalue weighted by Gasteiger charge is -2.17. The summed E-state index contributed by atoms with van der Waals surface area (Å²) in [4.78, 5) is 11.9. The van der Waals surface area contributed by atoms with Gasteiger partial charge in [-0.1, -0.05) is 42.5 Å². The number of halogens is 2. The van der Waals surface area contributed by atoms with E-state index in [-0.39, 0.29) is 17.3 Å². The summed E-state index contributed by atoms with van der Waals surface area (Å²) < 4.78 is 54.6. The molecule has 0 radical (unpaired) electrons. The molecule has 0 saturated carbocycles. The summed E-state index contributed by atoms with van der Waals surface area (Å²) in [5.41, 5.74) is 0.880. The standard InChI is InChI=1S/C21H18F2N2O3S/c1-14(15-7-3-2-4-8-15)24-21(26)17-9-5-6-10-19(17)25-29(27,28)20-13-16(22)11-12-18(20)23/h2-14,25H,1H3,(H,24,26). The highest BCUT2D eigenvalue weighted by Gasteiger charge is 2.23. The highest BCUT2D eigenvalue weighted by molar-refractivity contribution is 7.92. The summed E-state index contributed by atoms with van der Waals surface area (Å²) in [6.07, 6.45) is 0. The predicted molar refractivity (Wildman–Crippen MR) is 106 cm³/mol. The minimum absolute atomic E-state index is 0.0473. The van der Waals surface area contributed by atoms with Crippen molar-refractivity contribution >= 4 is 21.6 Å². The van der Waals surface area contributed by atoms with Gasteiger partial charge in [-0.05, 0) is 42.8 Å². The van der Waals surface area contributed by atoms with Gasteiger partial charge in [-0.25, -0.2) is 17.2 Å². The van der Waals surface area contributed by atoms with Crippen molar-refractivity contribution in [2.45, 2.75) is 17.9 Å². The fourth-order valence-corrected chi connectivity index (χ4v) is 3.92. The van der Waals surface area contributed by atoms with Gasteiger partial charge in [-0.15, -0.1) is 0 Å². The molecule has 1 unspecified atom stereocenters. The van der Waals surface area contributed by atoms with Crippen LogP contribution in [-0.4, -0.2) is 14.3 Å². The van der Waals surface area contributed by atoms with Crippen LogP contribution < -0.4 is 10.0 Å². The number of carbonyl (C=O) groups excluding carboxylic acids is 1. The normalized spacial score (nSPS) is 12.2. The molecule has 0 aliphatic heterocycles. The smallest absolute Gasteiger partial charge is 0.264 e. The number of anilines is 1. The molecule has 5 nitrogen and oxygen atoms in total. The van der Waals surface area contributed by atoms with Crippen molar-refractivity contribution in [3.05, 3.63) is 95.6 Å². The lowest BCUT2D eigenvalue weighted by atomic mass is 10.1. The van der Waals surface area contributed by atoms with Crippen LogP contribution in [0, 0.1) is 11.6 Å². The van der Waals surface area contributed by atoms with Gasteiger partial charge in [0.25, 0.3) is 15.9 Å². The van der Waals surface area contributed by atoms with E-state index < -0.39 is 32.5 Å². The minimum atomic E-state index is -4.45. The Morgan fingerprint density at radius 2 is 1.59 bits per heavy atom. The van der Waals surface area contributed by atoms with Gasteiger partial charge in [-0.2, -0.15) is 0 Å². The second kappa shape index (κ2) is 8.40. The molecule has 0 saturated heterocycles. The van der Waals surface area contributed by atoms with Crippen molar-refractivity contribution in [3.8, 4) is 0 Å². The third-order valence-corrected chi connectivity index (χ3v) is 5.63. The SMILES string of the molecule is CC(NC(=O)c1ccccc1NS(=O)(=O)c1cc(F)ccc1F)c1ccccc1. The van der Waals surface area contributed by atoms with Gasteiger partial charge >= 0.3 is 0 Å². The molecule has 1 atom stereocenters. The summed E-state index contributed by atoms with van der Waals surface area (Å²) in [6.45, 7) is 1.79. The first-order chi connectivity index (χ1) is 13.8. The molecule has 2 N–H and O–H groups in total. The van der Waals surface area contributed by atoms with Crippen molar-refractivity contribution in [1.82, 2.24) is 5.32 Å². The van der Waals surface area contributed by atoms with E-state index in [0.717, 1.165) is 17.7 Å². The molecular weight excluding hydrogens is 398 g/mol. The van der Waals surface area contributed by atoms with E-state index >= 15 is 0 Å². The predicted octanol–water partition coefficient (Wildman–Crippen LogP) is 4.26. The molecule has 150 valence electrons. The number of carbonyl (C=O) groups is 1. The lowest BCUT2D eigenvalue weighted by molar-refractivity contribution is 0.0941. The second-order valence-corrected chi connectivity index (χ2v) is 7.98. The molecule has 0 aliphatic rings. The van der Waals surface area contributed by atoms with E-state index in [1.165, 1.54) is 18.2 Å². The quantitative estimate of drug-likeness (QED) is 0.631. The van der Waals surface area contributed by atoms with E-state index in [2.05, 4.69) is 10.0 Å². The Labute approximate surface area is 167 Å². The van der Waals surface area contributed by atoms with E-state index in [1.54, 1.807) is 13.0 Å². The molecule has 3 rings (SSSR count). The summed E-state index contributed by atoms with van der Waals surface area (Å²) in [5, 5.41) is 2.79. The first-order valence-electron chi connectivity index (χ1n) is 8.70. The number of hydrogen-bond donors (Lipinski definition) is 2. The number of nitrogens with one attached hydrogen (secondary N) is 2. The van der Waals surface area contributed by atoms with E-state index in [9.17, 15) is 22.0 Å². The van der Waals surface area contributed by atoms with Crippen LogP contribution in [0.3, 0.4) is 0 Å². The fourth-order valence-electron chi connectivity index (χ4n) is 2.75. The van der Waals surface area contributed by atoms with Gasteiger partial charge in [0.2, 0.25) is 0 Å². The average molecular weight is 416 g/mol. The topological polar surface area (TPSA) is 75.3 Å². The summed E-state index contributed by atoms with van der Waals surface area (Å²) in [7, 11) is -4.45. The zero-order valence-corrected chi connectivity index (χ0v) is 16.2. The van der Waals surface area contributed by atoms with Gasteiger partial charge in [0.15, 0.2) is 0 Å². The number of para-hydroxylation sites is 1. The number of rotatable bonds is 6. The fraction of sp³-hybridized carbons (Fsp3) is 0.0952. The average Bonchev–Trinajstić information content (AvgIpc) is 2.70. The maximum atomic E-state index is 13.9. The zero-order chi connectivity index (χ0) is 21.0. The number of hydrogen-bond acceptors (Lipinski definition) is 3. The van der Waals surface area contributed by atoms with Crippen LogP contribution in [0.5, 0.6) is 0 Å². The Kier molecular flexibility index (Phi) is 5.93. The second-order valence-electron chi connectivity index (χ2n) is 6.33. The van der Waals surface area contributed by atoms with Gasteiger partial charge < -0.3 is 5.32 Å². The van der Waals surface area contributed by atoms with Crippen molar-refractivity contribution in [2.24, 2.45) is 0 Å². The van der Waals surface area contributed by atoms with E-state index in [1.807, 2.05) is 30.3 Å². The van der Waals surface area contributed by atoms with Crippen LogP contribution in [-0.2, 0) is 10.0 Å². The van der Waals surface area contributed by atoms with Gasteiger partial charge in [0.05, 0.1) is 17.3 Å². The van der Waals surface area contributed by atoms with Gasteiger partial charge in [-0.3, -0.25) is 9.52 Å². The Balaban J connectivity index is 1.87. The van der Waals surface area contributed by atoms with Crippen LogP contribution in [0.25, 0.3) is 0 Å². The third-order valence-electron chi connectivity index (χ3n) is 4.25. The van der Waals surface area contributed by atoms with Gasteiger partial charge in [0, 0.05) is 0 Å². The molecule has 0 bridgehead atoms. The first kappa shape index (κ1) is 20.5. The highest BCUT2D eigenvalue weighted by Crippen LogP contribution is 2.23. The Morgan fingerprint density at radius 3 is 2.31 bits per heavy atom. The maximum Gasteiger partial charge on any atom is 0.264 e. The van der Waals surface area contributed by atoms with Crippen molar-refractivity contribution < 1.29 is 22.0 Å². The molecule has 0 aliphatic carbocycles. The van der Waals surface area contributed by atoms with Crippen LogP contribution in [0.1, 0.15) is 28.9 Å². The Hall–Kier alpha value is -3.26. The molecular formula is C21H18F2N2O3S. The van der Waals surface area contributed by atoms with Crippen molar-refractivity contribution in [3.63, 3.8) is 0 Å². The number of sulfonamides is 1. The lowest BCUT2D eigenvalue weighted by Crippen LogP contribution is -2.28. The summed E-state index contributed by atoms with van der Waals surface area (Å²) >= 11 is 0. The third kappa shape index (κ3) is 4.78. The maximum absolute atomic E-state index is 13.9. The van der Waals surface area contributed by atoms with Crippen LogP contribution in [0.15, 0.2) is 77.7 Å². The molecule has 0 spiro atoms. The molecule has 29 heavy (non-hydrogen) atoms. The molecule has 3 aromatic rings. The Bertz CT molecular complexity index is 1140. The summed E-state index contributed by atoms with van der Waals surface area (Å²) in [6, 6.07) is 17.0. The molecule has 3 aromatic carbocycles. The molecule has 8 heteroatoms. The number of benzene rings is 3. The van der Waals surface area contributed by atoms with Crippen molar-refractivity contribution in [2.75, 3.05) is 4.72 Å². The molecule has 1 amide bonds. The summed E-state index contributed by atoms with van der Waals surface area (Å²) in [5.74, 6) is -2.51. The molecule has 0 fully saturated rings. The monoisotopic (exact) mass is 416 g/mol.